The van der Waals surface area contributed by atoms with Crippen LogP contribution in [0, 0.1) is 5.92 Å². The van der Waals surface area contributed by atoms with Gasteiger partial charge >= 0.3 is 12.1 Å². The van der Waals surface area contributed by atoms with Crippen LogP contribution in [0.3, 0.4) is 0 Å². The number of hydrogen-bond acceptors (Lipinski definition) is 12. The maximum atomic E-state index is 13.1. The van der Waals surface area contributed by atoms with Crippen LogP contribution in [-0.2, 0) is 54.2 Å². The lowest BCUT2D eigenvalue weighted by atomic mass is 9.87. The number of alkyl carbamates (subject to hydrolysis) is 1. The van der Waals surface area contributed by atoms with E-state index in [9.17, 15) is 33.9 Å². The van der Waals surface area contributed by atoms with Crippen molar-refractivity contribution >= 4 is 41.4 Å². The van der Waals surface area contributed by atoms with E-state index >= 15 is 0 Å². The molecule has 3 aromatic rings. The Balaban J connectivity index is 0.741. The molecule has 1 spiro atoms. The van der Waals surface area contributed by atoms with E-state index in [1.165, 1.54) is 24.1 Å². The number of epoxide rings is 1. The molecule has 3 aliphatic heterocycles. The molecule has 3 saturated heterocycles. The highest BCUT2D eigenvalue weighted by Gasteiger charge is 2.58. The lowest BCUT2D eigenvalue weighted by Crippen LogP contribution is -2.50. The molecule has 1 unspecified atom stereocenters. The normalized spacial score (nSPS) is 24.5. The summed E-state index contributed by atoms with van der Waals surface area (Å²) in [6, 6.07) is 23.2. The van der Waals surface area contributed by atoms with Gasteiger partial charge in [0.25, 0.3) is 0 Å². The molecule has 5 amide bonds. The first-order valence-electron chi connectivity index (χ1n) is 26.2. The van der Waals surface area contributed by atoms with E-state index in [1.54, 1.807) is 37.3 Å². The third kappa shape index (κ3) is 16.4. The lowest BCUT2D eigenvalue weighted by molar-refractivity contribution is -0.145. The number of carbonyl (C=O) groups is 6. The number of aliphatic hydroxyl groups excluding tert-OH is 1. The zero-order chi connectivity index (χ0) is 53.5. The van der Waals surface area contributed by atoms with Crippen LogP contribution in [0.5, 0.6) is 0 Å². The SMILES string of the molecule is CC(=O)OC(C)C=CC(=O)N[C@@H]1C[C@H](C)[C@H](C/C=C(C)/C=C/[C@H]2O[C@H](CC(=O)NCc3ccc(NC(=O)CNC(=O)CCCCCNC(=O)OCC4c5ccccc5-c5ccccc54)cc3)C[C@@]3(CO3)[C@@H]2O)O[C@@H]1C. The van der Waals surface area contributed by atoms with Gasteiger partial charge in [0, 0.05) is 50.5 Å². The van der Waals surface area contributed by atoms with Crippen LogP contribution in [0.2, 0.25) is 0 Å². The second kappa shape index (κ2) is 26.7. The van der Waals surface area contributed by atoms with Gasteiger partial charge in [0.15, 0.2) is 0 Å². The summed E-state index contributed by atoms with van der Waals surface area (Å²) in [5.74, 6) is -1.35. The minimum absolute atomic E-state index is 0.00659. The molecule has 9 atom stereocenters. The molecule has 0 saturated carbocycles. The van der Waals surface area contributed by atoms with Crippen molar-refractivity contribution in [3.8, 4) is 11.1 Å². The van der Waals surface area contributed by atoms with Crippen LogP contribution in [0.1, 0.15) is 109 Å². The molecule has 6 N–H and O–H groups in total. The van der Waals surface area contributed by atoms with Gasteiger partial charge in [0.1, 0.15) is 30.5 Å². The Hall–Kier alpha value is -6.66. The number of hydrogen-bond donors (Lipinski definition) is 6. The fourth-order valence-corrected chi connectivity index (χ4v) is 9.97. The van der Waals surface area contributed by atoms with Gasteiger partial charge in [-0.05, 0) is 98.4 Å². The Kier molecular flexibility index (Phi) is 20.0. The molecule has 17 heteroatoms. The minimum Gasteiger partial charge on any atom is -0.459 e. The molecule has 4 aliphatic rings. The molecular weight excluding hydrogens is 959 g/mol. The number of allylic oxidation sites excluding steroid dienone is 2. The number of benzene rings is 3. The van der Waals surface area contributed by atoms with Crippen molar-refractivity contribution in [1.29, 1.82) is 0 Å². The maximum absolute atomic E-state index is 13.1. The van der Waals surface area contributed by atoms with Crippen LogP contribution in [0.25, 0.3) is 11.1 Å². The zero-order valence-corrected chi connectivity index (χ0v) is 43.6. The molecular formula is C58H73N5O12. The van der Waals surface area contributed by atoms with E-state index in [4.69, 9.17) is 23.7 Å². The molecule has 75 heavy (non-hydrogen) atoms. The highest BCUT2D eigenvalue weighted by atomic mass is 16.6. The van der Waals surface area contributed by atoms with Crippen molar-refractivity contribution in [3.05, 3.63) is 125 Å². The molecule has 7 rings (SSSR count). The Morgan fingerprint density at radius 2 is 1.55 bits per heavy atom. The first kappa shape index (κ1) is 56.1. The Morgan fingerprint density at radius 1 is 0.840 bits per heavy atom. The van der Waals surface area contributed by atoms with E-state index in [0.717, 1.165) is 35.1 Å². The molecule has 17 nitrogen and oxygen atoms in total. The zero-order valence-electron chi connectivity index (χ0n) is 43.6. The van der Waals surface area contributed by atoms with Crippen molar-refractivity contribution in [3.63, 3.8) is 0 Å². The number of aliphatic hydroxyl groups is 1. The molecule has 0 aromatic heterocycles. The van der Waals surface area contributed by atoms with E-state index in [-0.39, 0.29) is 86.3 Å². The van der Waals surface area contributed by atoms with Gasteiger partial charge in [-0.2, -0.15) is 0 Å². The lowest BCUT2D eigenvalue weighted by Gasteiger charge is -2.39. The third-order valence-corrected chi connectivity index (χ3v) is 14.2. The van der Waals surface area contributed by atoms with Gasteiger partial charge in [-0.1, -0.05) is 97.8 Å². The quantitative estimate of drug-likeness (QED) is 0.0189. The van der Waals surface area contributed by atoms with E-state index in [0.29, 0.717) is 44.5 Å². The number of esters is 1. The molecule has 402 valence electrons. The van der Waals surface area contributed by atoms with Gasteiger partial charge in [-0.15, -0.1) is 0 Å². The number of rotatable bonds is 23. The first-order chi connectivity index (χ1) is 36.0. The summed E-state index contributed by atoms with van der Waals surface area (Å²) in [4.78, 5) is 74.3. The second-order valence-corrected chi connectivity index (χ2v) is 20.2. The fraction of sp³-hybridized carbons (Fsp3) is 0.483. The highest BCUT2D eigenvalue weighted by molar-refractivity contribution is 5.94. The topological polar surface area (TPSA) is 232 Å². The van der Waals surface area contributed by atoms with Gasteiger partial charge in [0.05, 0.1) is 43.9 Å². The predicted octanol–water partition coefficient (Wildman–Crippen LogP) is 6.83. The summed E-state index contributed by atoms with van der Waals surface area (Å²) < 4.78 is 28.9. The second-order valence-electron chi connectivity index (χ2n) is 20.2. The van der Waals surface area contributed by atoms with Gasteiger partial charge in [-0.3, -0.25) is 24.0 Å². The minimum atomic E-state index is -0.887. The maximum Gasteiger partial charge on any atom is 0.407 e. The van der Waals surface area contributed by atoms with Crippen molar-refractivity contribution in [2.75, 3.05) is 31.6 Å². The summed E-state index contributed by atoms with van der Waals surface area (Å²) >= 11 is 0. The van der Waals surface area contributed by atoms with Crippen molar-refractivity contribution in [2.24, 2.45) is 5.92 Å². The predicted molar refractivity (Wildman–Crippen MR) is 282 cm³/mol. The smallest absolute Gasteiger partial charge is 0.407 e. The summed E-state index contributed by atoms with van der Waals surface area (Å²) in [5.41, 5.74) is 6.22. The summed E-state index contributed by atoms with van der Waals surface area (Å²) in [7, 11) is 0. The molecule has 3 aromatic carbocycles. The Morgan fingerprint density at radius 3 is 2.24 bits per heavy atom. The van der Waals surface area contributed by atoms with Crippen LogP contribution in [0.15, 0.2) is 109 Å². The summed E-state index contributed by atoms with van der Waals surface area (Å²) in [6.07, 6.45) is 9.57. The number of carbonyl (C=O) groups excluding carboxylic acids is 6. The fourth-order valence-electron chi connectivity index (χ4n) is 9.97. The molecule has 3 fully saturated rings. The van der Waals surface area contributed by atoms with Crippen LogP contribution >= 0.6 is 0 Å². The van der Waals surface area contributed by atoms with Crippen LogP contribution in [-0.4, -0.2) is 115 Å². The number of nitrogens with one attached hydrogen (secondary N) is 5. The number of ether oxygens (including phenoxy) is 5. The third-order valence-electron chi connectivity index (χ3n) is 14.2. The van der Waals surface area contributed by atoms with Crippen molar-refractivity contribution in [2.45, 2.75) is 147 Å². The van der Waals surface area contributed by atoms with E-state index in [2.05, 4.69) is 63.8 Å². The highest BCUT2D eigenvalue weighted by Crippen LogP contribution is 2.45. The average Bonchev–Trinajstić information content (AvgIpc) is 4.10. The van der Waals surface area contributed by atoms with Crippen molar-refractivity contribution < 1.29 is 57.6 Å². The summed E-state index contributed by atoms with van der Waals surface area (Å²) in [5, 5.41) is 25.3. The molecule has 3 heterocycles. The van der Waals surface area contributed by atoms with E-state index < -0.39 is 42.1 Å². The average molecular weight is 1030 g/mol. The molecule has 0 radical (unpaired) electrons. The largest absolute Gasteiger partial charge is 0.459 e. The van der Waals surface area contributed by atoms with Crippen LogP contribution in [0.4, 0.5) is 10.5 Å². The summed E-state index contributed by atoms with van der Waals surface area (Å²) in [6.45, 7) is 10.2. The number of fused-ring (bicyclic) bond motifs is 3. The van der Waals surface area contributed by atoms with Gasteiger partial charge in [0.2, 0.25) is 23.6 Å². The van der Waals surface area contributed by atoms with Crippen LogP contribution < -0.4 is 26.6 Å². The molecule has 0 bridgehead atoms. The Labute approximate surface area is 439 Å². The van der Waals surface area contributed by atoms with Gasteiger partial charge < -0.3 is 55.4 Å². The van der Waals surface area contributed by atoms with Crippen molar-refractivity contribution in [1.82, 2.24) is 21.3 Å². The standard InChI is InChI=1S/C58H73N5O12/c1-36(18-25-50-37(2)29-49(39(4)74-50)63-53(66)27-20-38(3)73-40(5)64)19-26-51-56(69)58(35-72-58)31-43(75-51)30-54(67)60-32-41-21-23-42(24-22-41)62-55(68)33-61-52(65)17-7-6-12-28-59-57(70)71-34-48-46-15-10-8-13-44(46)45-14-9-11-16-47(45)48/h8-11,13-16,18-24,26-27,37-39,43,48-51,56,69H,6-7,12,17,25,28-35H2,1-5H3,(H,59,70)(H,60,67)(H,61,65)(H,62,68)(H,63,66)/b26-19+,27-20?,36-18+/t37-,38?,39+,43+,49+,50-,51+,56+,58+/m0/s1. The Bertz CT molecular complexity index is 2530. The monoisotopic (exact) mass is 1030 g/mol. The first-order valence-corrected chi connectivity index (χ1v) is 26.2. The van der Waals surface area contributed by atoms with Gasteiger partial charge in [-0.25, -0.2) is 4.79 Å². The number of anilines is 1. The molecule has 1 aliphatic carbocycles. The number of unbranched alkanes of at least 4 members (excludes halogenated alkanes) is 2. The van der Waals surface area contributed by atoms with E-state index in [1.807, 2.05) is 50.3 Å². The number of amides is 5.